The Kier molecular flexibility index (Phi) is 6.40. The van der Waals surface area contributed by atoms with Gasteiger partial charge in [-0.1, -0.05) is 44.2 Å². The standard InChI is InChI=1S/C22H33N3O3/c1-17(2)15-24-20(27)22(10-13-23(14-11-22)18(3)16-26)25(21(24)28)12-9-19-7-5-4-6-8-19/h4-8,17-18,26H,9-16H2,1-3H3. The Hall–Kier alpha value is -1.92. The molecule has 2 aliphatic heterocycles. The molecule has 1 aromatic rings. The molecule has 154 valence electrons. The van der Waals surface area contributed by atoms with Gasteiger partial charge < -0.3 is 10.0 Å². The molecule has 6 heteroatoms. The van der Waals surface area contributed by atoms with Crippen LogP contribution in [0.2, 0.25) is 0 Å². The summed E-state index contributed by atoms with van der Waals surface area (Å²) in [7, 11) is 0. The van der Waals surface area contributed by atoms with E-state index < -0.39 is 5.54 Å². The maximum Gasteiger partial charge on any atom is 0.327 e. The number of hydrogen-bond acceptors (Lipinski definition) is 4. The largest absolute Gasteiger partial charge is 0.395 e. The van der Waals surface area contributed by atoms with Gasteiger partial charge in [-0.3, -0.25) is 14.6 Å². The van der Waals surface area contributed by atoms with Gasteiger partial charge in [-0.25, -0.2) is 4.79 Å². The lowest BCUT2D eigenvalue weighted by molar-refractivity contribution is -0.136. The third-order valence-corrected chi connectivity index (χ3v) is 6.15. The first-order valence-corrected chi connectivity index (χ1v) is 10.4. The monoisotopic (exact) mass is 387 g/mol. The Balaban J connectivity index is 1.81. The van der Waals surface area contributed by atoms with Crippen LogP contribution in [0.15, 0.2) is 30.3 Å². The van der Waals surface area contributed by atoms with E-state index >= 15 is 0 Å². The molecule has 0 radical (unpaired) electrons. The number of amides is 3. The predicted octanol–water partition coefficient (Wildman–Crippen LogP) is 2.36. The average molecular weight is 388 g/mol. The Bertz CT molecular complexity index is 684. The zero-order valence-corrected chi connectivity index (χ0v) is 17.3. The van der Waals surface area contributed by atoms with Crippen LogP contribution in [0.1, 0.15) is 39.2 Å². The summed E-state index contributed by atoms with van der Waals surface area (Å²) in [5, 5.41) is 9.46. The third kappa shape index (κ3) is 3.94. The normalized spacial score (nSPS) is 21.2. The van der Waals surface area contributed by atoms with E-state index in [9.17, 15) is 14.7 Å². The van der Waals surface area contributed by atoms with E-state index in [1.807, 2.05) is 43.9 Å². The Morgan fingerprint density at radius 3 is 2.29 bits per heavy atom. The molecule has 1 unspecified atom stereocenters. The van der Waals surface area contributed by atoms with E-state index in [2.05, 4.69) is 17.0 Å². The van der Waals surface area contributed by atoms with Gasteiger partial charge >= 0.3 is 6.03 Å². The zero-order valence-electron chi connectivity index (χ0n) is 17.3. The fourth-order valence-corrected chi connectivity index (χ4v) is 4.44. The summed E-state index contributed by atoms with van der Waals surface area (Å²) in [5.74, 6) is 0.212. The molecule has 3 rings (SSSR count). The molecule has 28 heavy (non-hydrogen) atoms. The van der Waals surface area contributed by atoms with Crippen molar-refractivity contribution in [1.29, 1.82) is 0 Å². The van der Waals surface area contributed by atoms with Crippen molar-refractivity contribution < 1.29 is 14.7 Å². The van der Waals surface area contributed by atoms with Crippen molar-refractivity contribution in [1.82, 2.24) is 14.7 Å². The predicted molar refractivity (Wildman–Crippen MR) is 109 cm³/mol. The second kappa shape index (κ2) is 8.62. The molecule has 0 saturated carbocycles. The van der Waals surface area contributed by atoms with Gasteiger partial charge in [0.05, 0.1) is 6.61 Å². The topological polar surface area (TPSA) is 64.1 Å². The fraction of sp³-hybridized carbons (Fsp3) is 0.636. The van der Waals surface area contributed by atoms with Gasteiger partial charge in [0.15, 0.2) is 0 Å². The van der Waals surface area contributed by atoms with Gasteiger partial charge in [0, 0.05) is 32.2 Å². The number of nitrogens with zero attached hydrogens (tertiary/aromatic N) is 3. The van der Waals surface area contributed by atoms with Crippen molar-refractivity contribution in [3.05, 3.63) is 35.9 Å². The van der Waals surface area contributed by atoms with Crippen LogP contribution in [0, 0.1) is 5.92 Å². The van der Waals surface area contributed by atoms with E-state index in [-0.39, 0.29) is 30.5 Å². The second-order valence-corrected chi connectivity index (χ2v) is 8.58. The highest BCUT2D eigenvalue weighted by atomic mass is 16.3. The van der Waals surface area contributed by atoms with Crippen LogP contribution in [-0.2, 0) is 11.2 Å². The van der Waals surface area contributed by atoms with Gasteiger partial charge in [0.1, 0.15) is 5.54 Å². The van der Waals surface area contributed by atoms with Gasteiger partial charge in [0.2, 0.25) is 0 Å². The lowest BCUT2D eigenvalue weighted by Gasteiger charge is -2.43. The van der Waals surface area contributed by atoms with E-state index in [4.69, 9.17) is 0 Å². The second-order valence-electron chi connectivity index (χ2n) is 8.58. The highest BCUT2D eigenvalue weighted by Crippen LogP contribution is 2.38. The fourth-order valence-electron chi connectivity index (χ4n) is 4.44. The molecule has 0 aromatic heterocycles. The molecular formula is C22H33N3O3. The Labute approximate surface area is 168 Å². The number of carbonyl (C=O) groups excluding carboxylic acids is 2. The Morgan fingerprint density at radius 2 is 1.71 bits per heavy atom. The number of hydrogen-bond donors (Lipinski definition) is 1. The van der Waals surface area contributed by atoms with Crippen LogP contribution < -0.4 is 0 Å². The number of piperidine rings is 1. The average Bonchev–Trinajstić information content (AvgIpc) is 2.88. The number of urea groups is 1. The molecule has 1 spiro atoms. The molecule has 2 saturated heterocycles. The minimum atomic E-state index is -0.730. The first-order chi connectivity index (χ1) is 13.4. The Morgan fingerprint density at radius 1 is 1.07 bits per heavy atom. The maximum absolute atomic E-state index is 13.4. The molecule has 1 aromatic carbocycles. The molecule has 2 fully saturated rings. The van der Waals surface area contributed by atoms with Gasteiger partial charge in [-0.2, -0.15) is 0 Å². The van der Waals surface area contributed by atoms with Crippen LogP contribution in [0.4, 0.5) is 4.79 Å². The van der Waals surface area contributed by atoms with Crippen LogP contribution in [0.3, 0.4) is 0 Å². The van der Waals surface area contributed by atoms with Crippen molar-refractivity contribution in [3.8, 4) is 0 Å². The minimum absolute atomic E-state index is 0.0319. The summed E-state index contributed by atoms with van der Waals surface area (Å²) in [6, 6.07) is 10.0. The molecule has 3 amide bonds. The number of imide groups is 1. The summed E-state index contributed by atoms with van der Waals surface area (Å²) >= 11 is 0. The minimum Gasteiger partial charge on any atom is -0.395 e. The SMILES string of the molecule is CC(C)CN1C(=O)N(CCc2ccccc2)C2(CCN(C(C)CO)CC2)C1=O. The van der Waals surface area contributed by atoms with Crippen LogP contribution in [-0.4, -0.2) is 76.1 Å². The van der Waals surface area contributed by atoms with E-state index in [1.165, 1.54) is 10.5 Å². The molecule has 6 nitrogen and oxygen atoms in total. The molecule has 0 aliphatic carbocycles. The third-order valence-electron chi connectivity index (χ3n) is 6.15. The number of aliphatic hydroxyl groups is 1. The zero-order chi connectivity index (χ0) is 20.3. The van der Waals surface area contributed by atoms with E-state index in [0.29, 0.717) is 25.9 Å². The number of likely N-dealkylation sites (tertiary alicyclic amines) is 1. The number of benzene rings is 1. The van der Waals surface area contributed by atoms with Crippen molar-refractivity contribution in [3.63, 3.8) is 0 Å². The highest BCUT2D eigenvalue weighted by molar-refractivity contribution is 6.07. The van der Waals surface area contributed by atoms with Gasteiger partial charge in [-0.05, 0) is 37.7 Å². The molecule has 2 aliphatic rings. The van der Waals surface area contributed by atoms with Crippen LogP contribution in [0.5, 0.6) is 0 Å². The summed E-state index contributed by atoms with van der Waals surface area (Å²) in [4.78, 5) is 32.1. The number of rotatable bonds is 7. The number of aliphatic hydroxyl groups excluding tert-OH is 1. The van der Waals surface area contributed by atoms with Crippen molar-refractivity contribution in [2.75, 3.05) is 32.8 Å². The van der Waals surface area contributed by atoms with E-state index in [0.717, 1.165) is 19.5 Å². The van der Waals surface area contributed by atoms with Gasteiger partial charge in [0.25, 0.3) is 5.91 Å². The lowest BCUT2D eigenvalue weighted by atomic mass is 9.85. The summed E-state index contributed by atoms with van der Waals surface area (Å²) in [5.41, 5.74) is 0.443. The number of carbonyl (C=O) groups is 2. The summed E-state index contributed by atoms with van der Waals surface area (Å²) in [6.07, 6.45) is 2.00. The van der Waals surface area contributed by atoms with Crippen molar-refractivity contribution in [2.45, 2.75) is 51.6 Å². The lowest BCUT2D eigenvalue weighted by Crippen LogP contribution is -2.58. The van der Waals surface area contributed by atoms with Crippen molar-refractivity contribution >= 4 is 11.9 Å². The van der Waals surface area contributed by atoms with Gasteiger partial charge in [-0.15, -0.1) is 0 Å². The quantitative estimate of drug-likeness (QED) is 0.730. The maximum atomic E-state index is 13.4. The van der Waals surface area contributed by atoms with Crippen LogP contribution in [0.25, 0.3) is 0 Å². The molecule has 2 heterocycles. The summed E-state index contributed by atoms with van der Waals surface area (Å²) in [6.45, 7) is 8.64. The summed E-state index contributed by atoms with van der Waals surface area (Å²) < 4.78 is 0. The molecule has 0 bridgehead atoms. The van der Waals surface area contributed by atoms with E-state index in [1.54, 1.807) is 0 Å². The molecular weight excluding hydrogens is 354 g/mol. The molecule has 1 atom stereocenters. The molecule has 1 N–H and O–H groups in total. The first-order valence-electron chi connectivity index (χ1n) is 10.4. The smallest absolute Gasteiger partial charge is 0.327 e. The van der Waals surface area contributed by atoms with Crippen molar-refractivity contribution in [2.24, 2.45) is 5.92 Å². The van der Waals surface area contributed by atoms with Crippen LogP contribution >= 0.6 is 0 Å². The first kappa shape index (κ1) is 20.8. The highest BCUT2D eigenvalue weighted by Gasteiger charge is 2.57.